The highest BCUT2D eigenvalue weighted by atomic mass is 16.5. The van der Waals surface area contributed by atoms with Gasteiger partial charge in [-0.25, -0.2) is 9.59 Å². The lowest BCUT2D eigenvalue weighted by atomic mass is 9.92. The van der Waals surface area contributed by atoms with Crippen LogP contribution in [0, 0.1) is 6.92 Å². The highest BCUT2D eigenvalue weighted by Gasteiger charge is 2.35. The molecule has 1 atom stereocenters. The summed E-state index contributed by atoms with van der Waals surface area (Å²) in [6.07, 6.45) is 0. The van der Waals surface area contributed by atoms with Crippen molar-refractivity contribution in [2.75, 3.05) is 45.9 Å². The number of nitrogens with one attached hydrogen (secondary N) is 2. The fourth-order valence-electron chi connectivity index (χ4n) is 3.82. The van der Waals surface area contributed by atoms with E-state index >= 15 is 0 Å². The van der Waals surface area contributed by atoms with E-state index in [9.17, 15) is 9.59 Å². The molecule has 0 bridgehead atoms. The van der Waals surface area contributed by atoms with E-state index in [2.05, 4.69) is 27.4 Å². The van der Waals surface area contributed by atoms with Gasteiger partial charge in [0, 0.05) is 38.4 Å². The van der Waals surface area contributed by atoms with Gasteiger partial charge in [0.2, 0.25) is 0 Å². The van der Waals surface area contributed by atoms with Crippen LogP contribution in [0.2, 0.25) is 0 Å². The van der Waals surface area contributed by atoms with Crippen molar-refractivity contribution < 1.29 is 14.3 Å². The fraction of sp³-hybridized carbons (Fsp3) is 0.524. The van der Waals surface area contributed by atoms with Gasteiger partial charge >= 0.3 is 12.0 Å². The number of likely N-dealkylation sites (N-methyl/N-ethyl adjacent to an activating group) is 1. The second-order valence-corrected chi connectivity index (χ2v) is 7.21. The van der Waals surface area contributed by atoms with Crippen molar-refractivity contribution in [3.63, 3.8) is 0 Å². The number of benzene rings is 1. The van der Waals surface area contributed by atoms with Crippen LogP contribution >= 0.6 is 0 Å². The van der Waals surface area contributed by atoms with Crippen molar-refractivity contribution in [1.29, 1.82) is 0 Å². The van der Waals surface area contributed by atoms with Gasteiger partial charge in [0.15, 0.2) is 0 Å². The maximum atomic E-state index is 12.9. The van der Waals surface area contributed by atoms with Crippen molar-refractivity contribution in [3.8, 4) is 0 Å². The average molecular weight is 386 g/mol. The first-order valence-electron chi connectivity index (χ1n) is 10.0. The van der Waals surface area contributed by atoms with Gasteiger partial charge in [-0.15, -0.1) is 0 Å². The summed E-state index contributed by atoms with van der Waals surface area (Å²) in [5.41, 5.74) is 3.06. The van der Waals surface area contributed by atoms with Crippen LogP contribution < -0.4 is 10.6 Å². The molecule has 3 rings (SSSR count). The largest absolute Gasteiger partial charge is 0.463 e. The molecule has 0 aliphatic carbocycles. The number of hydrogen-bond acceptors (Lipinski definition) is 5. The maximum absolute atomic E-state index is 12.9. The zero-order valence-electron chi connectivity index (χ0n) is 17.0. The molecule has 2 heterocycles. The first-order chi connectivity index (χ1) is 13.5. The Kier molecular flexibility index (Phi) is 6.70. The predicted molar refractivity (Wildman–Crippen MR) is 108 cm³/mol. The van der Waals surface area contributed by atoms with Gasteiger partial charge in [0.05, 0.1) is 18.2 Å². The summed E-state index contributed by atoms with van der Waals surface area (Å²) >= 11 is 0. The molecule has 2 aliphatic rings. The smallest absolute Gasteiger partial charge is 0.338 e. The van der Waals surface area contributed by atoms with E-state index < -0.39 is 6.04 Å². The first-order valence-corrected chi connectivity index (χ1v) is 10.0. The number of carbonyl (C=O) groups is 2. The Morgan fingerprint density at radius 1 is 1.14 bits per heavy atom. The molecule has 0 radical (unpaired) electrons. The van der Waals surface area contributed by atoms with Gasteiger partial charge in [-0.1, -0.05) is 31.2 Å². The number of esters is 1. The van der Waals surface area contributed by atoms with Crippen LogP contribution in [0.3, 0.4) is 0 Å². The summed E-state index contributed by atoms with van der Waals surface area (Å²) in [5, 5.41) is 5.78. The summed E-state index contributed by atoms with van der Waals surface area (Å²) in [4.78, 5) is 29.9. The molecule has 152 valence electrons. The zero-order valence-corrected chi connectivity index (χ0v) is 17.0. The van der Waals surface area contributed by atoms with Crippen LogP contribution in [0.1, 0.15) is 31.0 Å². The highest BCUT2D eigenvalue weighted by Crippen LogP contribution is 2.30. The number of nitrogens with zero attached hydrogens (tertiary/aromatic N) is 2. The second-order valence-electron chi connectivity index (χ2n) is 7.21. The third-order valence-electron chi connectivity index (χ3n) is 5.44. The number of aryl methyl sites for hydroxylation is 1. The summed E-state index contributed by atoms with van der Waals surface area (Å²) in [6.45, 7) is 11.6. The van der Waals surface area contributed by atoms with Crippen molar-refractivity contribution in [1.82, 2.24) is 20.4 Å². The van der Waals surface area contributed by atoms with Crippen molar-refractivity contribution in [3.05, 3.63) is 46.7 Å². The van der Waals surface area contributed by atoms with Crippen LogP contribution in [0.5, 0.6) is 0 Å². The highest BCUT2D eigenvalue weighted by molar-refractivity contribution is 5.95. The Hall–Kier alpha value is -2.38. The molecule has 7 nitrogen and oxygen atoms in total. The Morgan fingerprint density at radius 2 is 1.82 bits per heavy atom. The number of amides is 2. The van der Waals surface area contributed by atoms with E-state index in [1.165, 1.54) is 0 Å². The van der Waals surface area contributed by atoms with Crippen LogP contribution in [0.25, 0.3) is 0 Å². The normalized spacial score (nSPS) is 21.2. The van der Waals surface area contributed by atoms with E-state index in [0.717, 1.165) is 43.9 Å². The van der Waals surface area contributed by atoms with Gasteiger partial charge < -0.3 is 20.3 Å². The number of urea groups is 1. The first kappa shape index (κ1) is 20.4. The minimum atomic E-state index is -0.513. The van der Waals surface area contributed by atoms with E-state index in [0.29, 0.717) is 24.4 Å². The van der Waals surface area contributed by atoms with Crippen LogP contribution in [0.4, 0.5) is 4.79 Å². The van der Waals surface area contributed by atoms with Crippen LogP contribution in [-0.2, 0) is 9.53 Å². The minimum absolute atomic E-state index is 0.288. The maximum Gasteiger partial charge on any atom is 0.338 e. The molecule has 0 aromatic heterocycles. The lowest BCUT2D eigenvalue weighted by Crippen LogP contribution is -2.51. The van der Waals surface area contributed by atoms with Crippen molar-refractivity contribution >= 4 is 12.0 Å². The lowest BCUT2D eigenvalue weighted by Gasteiger charge is -2.36. The zero-order chi connectivity index (χ0) is 20.1. The molecule has 7 heteroatoms. The fourth-order valence-corrected chi connectivity index (χ4v) is 3.82. The van der Waals surface area contributed by atoms with Crippen LogP contribution in [0.15, 0.2) is 35.5 Å². The molecule has 2 aliphatic heterocycles. The van der Waals surface area contributed by atoms with Crippen molar-refractivity contribution in [2.45, 2.75) is 26.8 Å². The third kappa shape index (κ3) is 4.54. The van der Waals surface area contributed by atoms with E-state index in [1.807, 2.05) is 31.2 Å². The number of carbonyl (C=O) groups excluding carboxylic acids is 2. The van der Waals surface area contributed by atoms with Crippen LogP contribution in [-0.4, -0.2) is 67.7 Å². The number of ether oxygens (including phenoxy) is 1. The van der Waals surface area contributed by atoms with E-state index in [1.54, 1.807) is 6.92 Å². The molecular weight excluding hydrogens is 356 g/mol. The Balaban J connectivity index is 1.93. The number of hydrogen-bond donors (Lipinski definition) is 2. The molecule has 0 spiro atoms. The van der Waals surface area contributed by atoms with E-state index in [-0.39, 0.29) is 12.0 Å². The topological polar surface area (TPSA) is 73.9 Å². The monoisotopic (exact) mass is 386 g/mol. The Morgan fingerprint density at radius 3 is 2.46 bits per heavy atom. The second kappa shape index (κ2) is 9.21. The minimum Gasteiger partial charge on any atom is -0.463 e. The SMILES string of the molecule is CCOC(=O)C1=C(CN2CCN(CC)CC2)NC(=O)NC1c1ccccc1C. The molecule has 1 aromatic carbocycles. The summed E-state index contributed by atoms with van der Waals surface area (Å²) < 4.78 is 5.35. The lowest BCUT2D eigenvalue weighted by molar-refractivity contribution is -0.139. The standard InChI is InChI=1S/C21H30N4O3/c1-4-24-10-12-25(13-11-24)14-17-18(20(26)28-5-2)19(23-21(27)22-17)16-9-7-6-8-15(16)3/h6-9,19H,4-5,10-14H2,1-3H3,(H2,22,23,27). The number of piperazine rings is 1. The number of rotatable bonds is 6. The molecule has 1 saturated heterocycles. The quantitative estimate of drug-likeness (QED) is 0.730. The summed E-state index contributed by atoms with van der Waals surface area (Å²) in [6, 6.07) is 7.00. The molecule has 0 saturated carbocycles. The van der Waals surface area contributed by atoms with Gasteiger partial charge in [-0.05, 0) is 31.5 Å². The molecule has 1 unspecified atom stereocenters. The molecule has 1 aromatic rings. The predicted octanol–water partition coefficient (Wildman–Crippen LogP) is 1.80. The molecule has 28 heavy (non-hydrogen) atoms. The van der Waals surface area contributed by atoms with E-state index in [4.69, 9.17) is 4.74 Å². The summed E-state index contributed by atoms with van der Waals surface area (Å²) in [5.74, 6) is -0.384. The molecule has 2 N–H and O–H groups in total. The summed E-state index contributed by atoms with van der Waals surface area (Å²) in [7, 11) is 0. The Bertz CT molecular complexity index is 754. The van der Waals surface area contributed by atoms with Gasteiger partial charge in [-0.2, -0.15) is 0 Å². The molecule has 1 fully saturated rings. The van der Waals surface area contributed by atoms with Gasteiger partial charge in [-0.3, -0.25) is 4.90 Å². The molecule has 2 amide bonds. The third-order valence-corrected chi connectivity index (χ3v) is 5.44. The molecular formula is C21H30N4O3. The van der Waals surface area contributed by atoms with Gasteiger partial charge in [0.25, 0.3) is 0 Å². The van der Waals surface area contributed by atoms with Crippen molar-refractivity contribution in [2.24, 2.45) is 0 Å². The Labute approximate surface area is 166 Å². The van der Waals surface area contributed by atoms with Gasteiger partial charge in [0.1, 0.15) is 0 Å². The average Bonchev–Trinajstić information content (AvgIpc) is 2.68.